The van der Waals surface area contributed by atoms with E-state index in [0.29, 0.717) is 5.70 Å². The number of allylic oxidation sites excluding steroid dienone is 3. The van der Waals surface area contributed by atoms with Crippen molar-refractivity contribution < 1.29 is 4.79 Å². The van der Waals surface area contributed by atoms with E-state index in [4.69, 9.17) is 5.73 Å². The Morgan fingerprint density at radius 1 is 1.31 bits per heavy atom. The van der Waals surface area contributed by atoms with Crippen molar-refractivity contribution in [2.24, 2.45) is 5.73 Å². The van der Waals surface area contributed by atoms with Gasteiger partial charge in [0.15, 0.2) is 0 Å². The fourth-order valence-corrected chi connectivity index (χ4v) is 0.553. The molecule has 0 aromatic rings. The highest BCUT2D eigenvalue weighted by molar-refractivity contribution is 5.74. The molecular formula is C10H18N2O. The SMILES string of the molecule is C=C/C(C)=C(\C=C)NC(N)=O.CC. The molecule has 0 radical (unpaired) electrons. The van der Waals surface area contributed by atoms with Crippen molar-refractivity contribution in [1.29, 1.82) is 0 Å². The van der Waals surface area contributed by atoms with Crippen molar-refractivity contribution >= 4 is 6.03 Å². The second-order valence-corrected chi connectivity index (χ2v) is 1.99. The quantitative estimate of drug-likeness (QED) is 0.647. The Hall–Kier alpha value is -1.51. The van der Waals surface area contributed by atoms with E-state index in [2.05, 4.69) is 18.5 Å². The van der Waals surface area contributed by atoms with Crippen molar-refractivity contribution in [1.82, 2.24) is 5.32 Å². The summed E-state index contributed by atoms with van der Waals surface area (Å²) < 4.78 is 0. The number of nitrogens with two attached hydrogens (primary N) is 1. The molecule has 0 aromatic carbocycles. The van der Waals surface area contributed by atoms with E-state index in [9.17, 15) is 4.79 Å². The van der Waals surface area contributed by atoms with Gasteiger partial charge in [-0.15, -0.1) is 0 Å². The number of nitrogens with one attached hydrogen (secondary N) is 1. The van der Waals surface area contributed by atoms with Crippen LogP contribution in [0.25, 0.3) is 0 Å². The molecule has 0 aliphatic rings. The van der Waals surface area contributed by atoms with E-state index in [-0.39, 0.29) is 0 Å². The lowest BCUT2D eigenvalue weighted by molar-refractivity contribution is 0.251. The summed E-state index contributed by atoms with van der Waals surface area (Å²) >= 11 is 0. The summed E-state index contributed by atoms with van der Waals surface area (Å²) in [5.74, 6) is 0. The Labute approximate surface area is 80.0 Å². The van der Waals surface area contributed by atoms with Gasteiger partial charge in [0.2, 0.25) is 0 Å². The van der Waals surface area contributed by atoms with Crippen LogP contribution in [-0.2, 0) is 0 Å². The molecule has 13 heavy (non-hydrogen) atoms. The third-order valence-electron chi connectivity index (χ3n) is 1.19. The van der Waals surface area contributed by atoms with Crippen LogP contribution in [0.2, 0.25) is 0 Å². The molecule has 3 N–H and O–H groups in total. The highest BCUT2D eigenvalue weighted by Crippen LogP contribution is 2.01. The Bertz CT molecular complexity index is 217. The van der Waals surface area contributed by atoms with Gasteiger partial charge < -0.3 is 11.1 Å². The highest BCUT2D eigenvalue weighted by Gasteiger charge is 1.96. The van der Waals surface area contributed by atoms with Gasteiger partial charge >= 0.3 is 6.03 Å². The molecule has 0 saturated heterocycles. The zero-order valence-corrected chi connectivity index (χ0v) is 8.55. The second kappa shape index (κ2) is 8.59. The molecule has 0 fully saturated rings. The van der Waals surface area contributed by atoms with Crippen LogP contribution in [0.1, 0.15) is 20.8 Å². The van der Waals surface area contributed by atoms with E-state index < -0.39 is 6.03 Å². The number of rotatable bonds is 3. The summed E-state index contributed by atoms with van der Waals surface area (Å²) in [6, 6.07) is -0.596. The first-order valence-corrected chi connectivity index (χ1v) is 4.14. The summed E-state index contributed by atoms with van der Waals surface area (Å²) in [7, 11) is 0. The number of amides is 2. The van der Waals surface area contributed by atoms with Crippen LogP contribution < -0.4 is 11.1 Å². The average Bonchev–Trinajstić information content (AvgIpc) is 2.16. The molecule has 0 aliphatic carbocycles. The normalized spacial score (nSPS) is 10.1. The predicted molar refractivity (Wildman–Crippen MR) is 57.2 cm³/mol. The number of hydrogen-bond donors (Lipinski definition) is 2. The van der Waals surface area contributed by atoms with Gasteiger partial charge in [-0.25, -0.2) is 4.79 Å². The average molecular weight is 182 g/mol. The molecule has 0 bridgehead atoms. The van der Waals surface area contributed by atoms with Crippen LogP contribution in [0.15, 0.2) is 36.6 Å². The Morgan fingerprint density at radius 3 is 2.00 bits per heavy atom. The molecule has 0 heterocycles. The molecule has 3 heteroatoms. The lowest BCUT2D eigenvalue weighted by Gasteiger charge is -2.03. The van der Waals surface area contributed by atoms with Crippen LogP contribution in [0.3, 0.4) is 0 Å². The maximum Gasteiger partial charge on any atom is 0.316 e. The Balaban J connectivity index is 0. The van der Waals surface area contributed by atoms with Crippen molar-refractivity contribution in [2.75, 3.05) is 0 Å². The fourth-order valence-electron chi connectivity index (χ4n) is 0.553. The van der Waals surface area contributed by atoms with Gasteiger partial charge in [0, 0.05) is 5.70 Å². The molecule has 3 nitrogen and oxygen atoms in total. The van der Waals surface area contributed by atoms with Crippen LogP contribution >= 0.6 is 0 Å². The first kappa shape index (κ1) is 14.0. The number of hydrogen-bond acceptors (Lipinski definition) is 1. The molecule has 0 unspecified atom stereocenters. The second-order valence-electron chi connectivity index (χ2n) is 1.99. The van der Waals surface area contributed by atoms with Crippen molar-refractivity contribution in [3.05, 3.63) is 36.6 Å². The number of carbonyl (C=O) groups excluding carboxylic acids is 1. The van der Waals surface area contributed by atoms with Crippen LogP contribution in [0.5, 0.6) is 0 Å². The largest absolute Gasteiger partial charge is 0.351 e. The summed E-state index contributed by atoms with van der Waals surface area (Å²) in [6.45, 7) is 12.9. The van der Waals surface area contributed by atoms with E-state index in [0.717, 1.165) is 5.57 Å². The van der Waals surface area contributed by atoms with Crippen LogP contribution in [0.4, 0.5) is 4.79 Å². The third-order valence-corrected chi connectivity index (χ3v) is 1.19. The molecule has 2 amide bonds. The van der Waals surface area contributed by atoms with E-state index in [1.54, 1.807) is 13.0 Å². The predicted octanol–water partition coefficient (Wildman–Crippen LogP) is 2.33. The Kier molecular flexibility index (Phi) is 9.27. The van der Waals surface area contributed by atoms with Gasteiger partial charge in [-0.2, -0.15) is 0 Å². The van der Waals surface area contributed by atoms with Gasteiger partial charge in [-0.3, -0.25) is 0 Å². The third kappa shape index (κ3) is 6.87. The molecule has 0 aromatic heterocycles. The first-order valence-electron chi connectivity index (χ1n) is 4.14. The van der Waals surface area contributed by atoms with Crippen molar-refractivity contribution in [2.45, 2.75) is 20.8 Å². The van der Waals surface area contributed by atoms with Crippen LogP contribution in [-0.4, -0.2) is 6.03 Å². The van der Waals surface area contributed by atoms with E-state index >= 15 is 0 Å². The van der Waals surface area contributed by atoms with Gasteiger partial charge in [0.05, 0.1) is 0 Å². The minimum absolute atomic E-state index is 0.590. The van der Waals surface area contributed by atoms with Gasteiger partial charge in [0.1, 0.15) is 0 Å². The molecule has 0 rings (SSSR count). The van der Waals surface area contributed by atoms with Crippen LogP contribution in [0, 0.1) is 0 Å². The van der Waals surface area contributed by atoms with Gasteiger partial charge in [-0.1, -0.05) is 33.1 Å². The summed E-state index contributed by atoms with van der Waals surface area (Å²) in [6.07, 6.45) is 3.13. The summed E-state index contributed by atoms with van der Waals surface area (Å²) in [4.78, 5) is 10.4. The Morgan fingerprint density at radius 2 is 1.77 bits per heavy atom. The molecule has 0 atom stereocenters. The minimum atomic E-state index is -0.596. The fraction of sp³-hybridized carbons (Fsp3) is 0.300. The number of primary amides is 1. The van der Waals surface area contributed by atoms with E-state index in [1.165, 1.54) is 6.08 Å². The molecule has 0 aliphatic heterocycles. The highest BCUT2D eigenvalue weighted by atomic mass is 16.2. The summed E-state index contributed by atoms with van der Waals surface area (Å²) in [5, 5.41) is 2.41. The van der Waals surface area contributed by atoms with Crippen molar-refractivity contribution in [3.8, 4) is 0 Å². The summed E-state index contributed by atoms with van der Waals surface area (Å²) in [5.41, 5.74) is 6.32. The van der Waals surface area contributed by atoms with Crippen molar-refractivity contribution in [3.63, 3.8) is 0 Å². The maximum atomic E-state index is 10.4. The molecule has 0 spiro atoms. The zero-order chi connectivity index (χ0) is 10.9. The molecular weight excluding hydrogens is 164 g/mol. The maximum absolute atomic E-state index is 10.4. The molecule has 74 valence electrons. The lowest BCUT2D eigenvalue weighted by atomic mass is 10.2. The lowest BCUT2D eigenvalue weighted by Crippen LogP contribution is -2.28. The number of urea groups is 1. The van der Waals surface area contributed by atoms with Gasteiger partial charge in [0.25, 0.3) is 0 Å². The van der Waals surface area contributed by atoms with Gasteiger partial charge in [-0.05, 0) is 18.6 Å². The van der Waals surface area contributed by atoms with E-state index in [1.807, 2.05) is 13.8 Å². The monoisotopic (exact) mass is 182 g/mol. The minimum Gasteiger partial charge on any atom is -0.351 e. The number of carbonyl (C=O) groups is 1. The topological polar surface area (TPSA) is 55.1 Å². The smallest absolute Gasteiger partial charge is 0.316 e. The first-order chi connectivity index (χ1) is 6.11. The zero-order valence-electron chi connectivity index (χ0n) is 8.55. The standard InChI is InChI=1S/C8H12N2O.C2H6/c1-4-6(3)7(5-2)10-8(9)11;1-2/h4-5H,1-2H2,3H3,(H3,9,10,11);1-2H3/b7-6+;. The molecule has 0 saturated carbocycles.